The van der Waals surface area contributed by atoms with Gasteiger partial charge < -0.3 is 19.6 Å². The van der Waals surface area contributed by atoms with Crippen molar-refractivity contribution >= 4 is 39.3 Å². The number of rotatable bonds is 7. The molecule has 0 aliphatic carbocycles. The SMILES string of the molecule is CCOC(=O)C1c2c(cc(Br)c(O)c2CN(C)C)N(C)C1CSc1ccccc1. The van der Waals surface area contributed by atoms with Crippen LogP contribution in [0.1, 0.15) is 24.0 Å². The van der Waals surface area contributed by atoms with E-state index in [1.165, 1.54) is 0 Å². The van der Waals surface area contributed by atoms with Gasteiger partial charge >= 0.3 is 5.97 Å². The molecule has 2 aromatic rings. The Balaban J connectivity index is 2.04. The smallest absolute Gasteiger partial charge is 0.315 e. The molecule has 0 fully saturated rings. The molecule has 1 N–H and O–H groups in total. The number of ether oxygens (including phenoxy) is 1. The molecule has 29 heavy (non-hydrogen) atoms. The Bertz CT molecular complexity index is 876. The summed E-state index contributed by atoms with van der Waals surface area (Å²) in [5.74, 6) is 0.244. The molecule has 1 heterocycles. The quantitative estimate of drug-likeness (QED) is 0.467. The van der Waals surface area contributed by atoms with Gasteiger partial charge in [-0.3, -0.25) is 4.79 Å². The number of likely N-dealkylation sites (N-methyl/N-ethyl adjacent to an activating group) is 1. The number of phenolic OH excluding ortho intramolecular Hbond substituents is 1. The summed E-state index contributed by atoms with van der Waals surface area (Å²) in [6, 6.07) is 12.0. The topological polar surface area (TPSA) is 53.0 Å². The summed E-state index contributed by atoms with van der Waals surface area (Å²) in [5.41, 5.74) is 2.61. The second kappa shape index (κ2) is 9.41. The third kappa shape index (κ3) is 4.57. The first-order chi connectivity index (χ1) is 13.8. The fourth-order valence-corrected chi connectivity index (χ4v) is 5.40. The maximum atomic E-state index is 13.0. The maximum Gasteiger partial charge on any atom is 0.315 e. The molecular formula is C22H27BrN2O3S. The highest BCUT2D eigenvalue weighted by Crippen LogP contribution is 2.49. The van der Waals surface area contributed by atoms with Crippen LogP contribution in [-0.4, -0.2) is 55.5 Å². The Morgan fingerprint density at radius 1 is 1.31 bits per heavy atom. The van der Waals surface area contributed by atoms with E-state index in [4.69, 9.17) is 4.74 Å². The van der Waals surface area contributed by atoms with Crippen molar-refractivity contribution < 1.29 is 14.6 Å². The van der Waals surface area contributed by atoms with Crippen molar-refractivity contribution in [2.45, 2.75) is 30.3 Å². The lowest BCUT2D eigenvalue weighted by Crippen LogP contribution is -2.37. The van der Waals surface area contributed by atoms with Gasteiger partial charge in [0.1, 0.15) is 11.7 Å². The van der Waals surface area contributed by atoms with E-state index >= 15 is 0 Å². The van der Waals surface area contributed by atoms with E-state index in [1.54, 1.807) is 11.8 Å². The number of carbonyl (C=O) groups excluding carboxylic acids is 1. The standard InChI is InChI=1S/C22H27BrN2O3S/c1-5-28-22(27)20-18(13-29-14-9-7-6-8-10-14)25(4)17-11-16(23)21(26)15(19(17)20)12-24(2)3/h6-11,18,20,26H,5,12-13H2,1-4H3. The van der Waals surface area contributed by atoms with Gasteiger partial charge in [0.25, 0.3) is 0 Å². The van der Waals surface area contributed by atoms with Crippen molar-refractivity contribution in [3.05, 3.63) is 52.0 Å². The van der Waals surface area contributed by atoms with Gasteiger partial charge in [-0.15, -0.1) is 11.8 Å². The average molecular weight is 479 g/mol. The summed E-state index contributed by atoms with van der Waals surface area (Å²) in [6.07, 6.45) is 0. The van der Waals surface area contributed by atoms with E-state index in [1.807, 2.05) is 57.2 Å². The molecule has 2 unspecified atom stereocenters. The molecule has 0 saturated heterocycles. The number of thioether (sulfide) groups is 1. The minimum atomic E-state index is -0.444. The summed E-state index contributed by atoms with van der Waals surface area (Å²) in [7, 11) is 5.91. The van der Waals surface area contributed by atoms with Crippen molar-refractivity contribution in [2.24, 2.45) is 0 Å². The van der Waals surface area contributed by atoms with Gasteiger partial charge in [-0.05, 0) is 55.1 Å². The van der Waals surface area contributed by atoms with Crippen LogP contribution in [0.5, 0.6) is 5.75 Å². The highest BCUT2D eigenvalue weighted by atomic mass is 79.9. The zero-order valence-corrected chi connectivity index (χ0v) is 19.6. The normalized spacial score (nSPS) is 18.2. The van der Waals surface area contributed by atoms with Crippen LogP contribution in [-0.2, 0) is 16.1 Å². The van der Waals surface area contributed by atoms with E-state index in [0.717, 1.165) is 27.5 Å². The van der Waals surface area contributed by atoms with Crippen molar-refractivity contribution in [2.75, 3.05) is 38.4 Å². The molecule has 5 nitrogen and oxygen atoms in total. The van der Waals surface area contributed by atoms with Crippen LogP contribution in [0.15, 0.2) is 45.8 Å². The summed E-state index contributed by atoms with van der Waals surface area (Å²) >= 11 is 5.21. The van der Waals surface area contributed by atoms with Crippen LogP contribution in [0.2, 0.25) is 0 Å². The first-order valence-corrected chi connectivity index (χ1v) is 11.4. The summed E-state index contributed by atoms with van der Waals surface area (Å²) < 4.78 is 6.10. The molecule has 2 aromatic carbocycles. The van der Waals surface area contributed by atoms with Gasteiger partial charge in [0.2, 0.25) is 0 Å². The van der Waals surface area contributed by atoms with Gasteiger partial charge in [0.05, 0.1) is 17.1 Å². The van der Waals surface area contributed by atoms with E-state index in [0.29, 0.717) is 17.6 Å². The van der Waals surface area contributed by atoms with Crippen LogP contribution in [0, 0.1) is 0 Å². The molecule has 0 spiro atoms. The average Bonchev–Trinajstić information content (AvgIpc) is 2.96. The number of hydrogen-bond acceptors (Lipinski definition) is 6. The monoisotopic (exact) mass is 478 g/mol. The molecule has 2 atom stereocenters. The van der Waals surface area contributed by atoms with E-state index in [2.05, 4.69) is 33.0 Å². The predicted octanol–water partition coefficient (Wildman–Crippen LogP) is 4.47. The summed E-state index contributed by atoms with van der Waals surface area (Å²) in [4.78, 5) is 18.4. The van der Waals surface area contributed by atoms with Gasteiger partial charge in [-0.2, -0.15) is 0 Å². The van der Waals surface area contributed by atoms with E-state index < -0.39 is 5.92 Å². The Hall–Kier alpha value is -1.70. The van der Waals surface area contributed by atoms with Crippen molar-refractivity contribution in [1.29, 1.82) is 0 Å². The summed E-state index contributed by atoms with van der Waals surface area (Å²) in [5, 5.41) is 10.8. The Labute approximate surface area is 185 Å². The number of aromatic hydroxyl groups is 1. The van der Waals surface area contributed by atoms with E-state index in [-0.39, 0.29) is 17.8 Å². The molecule has 0 bridgehead atoms. The number of carbonyl (C=O) groups is 1. The van der Waals surface area contributed by atoms with Crippen molar-refractivity contribution in [1.82, 2.24) is 4.90 Å². The number of benzene rings is 2. The fourth-order valence-electron chi connectivity index (χ4n) is 3.82. The first-order valence-electron chi connectivity index (χ1n) is 9.61. The fraction of sp³-hybridized carbons (Fsp3) is 0.409. The van der Waals surface area contributed by atoms with Crippen LogP contribution >= 0.6 is 27.7 Å². The number of halogens is 1. The van der Waals surface area contributed by atoms with Gasteiger partial charge in [-0.25, -0.2) is 0 Å². The Morgan fingerprint density at radius 2 is 2.00 bits per heavy atom. The number of anilines is 1. The molecular weight excluding hydrogens is 452 g/mol. The van der Waals surface area contributed by atoms with Gasteiger partial charge in [0, 0.05) is 41.1 Å². The second-order valence-electron chi connectivity index (χ2n) is 7.39. The molecule has 0 amide bonds. The number of esters is 1. The third-order valence-electron chi connectivity index (χ3n) is 5.13. The van der Waals surface area contributed by atoms with Crippen LogP contribution < -0.4 is 4.90 Å². The molecule has 3 rings (SSSR count). The van der Waals surface area contributed by atoms with Gasteiger partial charge in [-0.1, -0.05) is 18.2 Å². The van der Waals surface area contributed by atoms with Crippen LogP contribution in [0.3, 0.4) is 0 Å². The predicted molar refractivity (Wildman–Crippen MR) is 122 cm³/mol. The molecule has 7 heteroatoms. The number of fused-ring (bicyclic) bond motifs is 1. The highest BCUT2D eigenvalue weighted by Gasteiger charge is 2.44. The zero-order chi connectivity index (χ0) is 21.1. The zero-order valence-electron chi connectivity index (χ0n) is 17.2. The number of hydrogen-bond donors (Lipinski definition) is 1. The Kier molecular flexibility index (Phi) is 7.14. The van der Waals surface area contributed by atoms with E-state index in [9.17, 15) is 9.90 Å². The van der Waals surface area contributed by atoms with Gasteiger partial charge in [0.15, 0.2) is 0 Å². The molecule has 156 valence electrons. The summed E-state index contributed by atoms with van der Waals surface area (Å²) in [6.45, 7) is 2.69. The maximum absolute atomic E-state index is 13.0. The first kappa shape index (κ1) is 22.0. The molecule has 1 aliphatic heterocycles. The largest absolute Gasteiger partial charge is 0.506 e. The lowest BCUT2D eigenvalue weighted by atomic mass is 9.91. The third-order valence-corrected chi connectivity index (χ3v) is 6.85. The second-order valence-corrected chi connectivity index (χ2v) is 9.34. The number of phenols is 1. The molecule has 0 radical (unpaired) electrons. The lowest BCUT2D eigenvalue weighted by molar-refractivity contribution is -0.145. The molecule has 0 saturated carbocycles. The van der Waals surface area contributed by atoms with Crippen LogP contribution in [0.25, 0.3) is 0 Å². The number of nitrogens with zero attached hydrogens (tertiary/aromatic N) is 2. The molecule has 0 aromatic heterocycles. The minimum absolute atomic E-state index is 0.0659. The van der Waals surface area contributed by atoms with Crippen molar-refractivity contribution in [3.63, 3.8) is 0 Å². The Morgan fingerprint density at radius 3 is 2.62 bits per heavy atom. The van der Waals surface area contributed by atoms with Crippen molar-refractivity contribution in [3.8, 4) is 5.75 Å². The molecule has 1 aliphatic rings. The highest BCUT2D eigenvalue weighted by molar-refractivity contribution is 9.10. The lowest BCUT2D eigenvalue weighted by Gasteiger charge is -2.26. The van der Waals surface area contributed by atoms with Crippen LogP contribution in [0.4, 0.5) is 5.69 Å². The minimum Gasteiger partial charge on any atom is -0.506 e.